The Labute approximate surface area is 56.7 Å². The van der Waals surface area contributed by atoms with Crippen LogP contribution in [0.15, 0.2) is 4.40 Å². The molecule has 0 rings (SSSR count). The lowest BCUT2D eigenvalue weighted by Gasteiger charge is -1.93. The van der Waals surface area contributed by atoms with Gasteiger partial charge in [0.15, 0.2) is 0 Å². The molecule has 0 aliphatic carbocycles. The van der Waals surface area contributed by atoms with Gasteiger partial charge in [0.2, 0.25) is 0 Å². The van der Waals surface area contributed by atoms with Crippen LogP contribution in [0.3, 0.4) is 0 Å². The third kappa shape index (κ3) is 4.55. The summed E-state index contributed by atoms with van der Waals surface area (Å²) in [7, 11) is 1.88. The fraction of sp³-hybridized carbons (Fsp3) is 0.500. The summed E-state index contributed by atoms with van der Waals surface area (Å²) in [4.78, 5) is 0. The molecule has 0 aromatic carbocycles. The van der Waals surface area contributed by atoms with E-state index < -0.39 is 0 Å². The second-order valence-corrected chi connectivity index (χ2v) is 2.51. The molecule has 0 atom stereocenters. The van der Waals surface area contributed by atoms with E-state index in [9.17, 15) is 0 Å². The third-order valence-electron chi connectivity index (χ3n) is 0.211. The van der Waals surface area contributed by atoms with Gasteiger partial charge in [-0.15, -0.1) is 0 Å². The number of hydrogen-bond donors (Lipinski definition) is 1. The van der Waals surface area contributed by atoms with Crippen LogP contribution in [-0.2, 0) is 0 Å². The first-order valence-corrected chi connectivity index (χ1v) is 2.70. The molecule has 0 fully saturated rings. The van der Waals surface area contributed by atoms with E-state index in [2.05, 4.69) is 40.1 Å². The normalized spacial score (nSPS) is 9.83. The highest BCUT2D eigenvalue weighted by atomic mass is 127. The van der Waals surface area contributed by atoms with Gasteiger partial charge in [0.05, 0.1) is 22.9 Å². The van der Waals surface area contributed by atoms with Gasteiger partial charge in [-0.3, -0.25) is 0 Å². The SMILES string of the molecule is CN(I)/C=N\S. The zero-order chi connectivity index (χ0) is 4.99. The van der Waals surface area contributed by atoms with Crippen molar-refractivity contribution in [3.8, 4) is 0 Å². The summed E-state index contributed by atoms with van der Waals surface area (Å²) in [6.45, 7) is 0. The van der Waals surface area contributed by atoms with Crippen molar-refractivity contribution in [1.82, 2.24) is 3.11 Å². The van der Waals surface area contributed by atoms with E-state index in [4.69, 9.17) is 0 Å². The molecule has 0 unspecified atom stereocenters. The van der Waals surface area contributed by atoms with Gasteiger partial charge >= 0.3 is 0 Å². The van der Waals surface area contributed by atoms with Crippen LogP contribution >= 0.6 is 35.7 Å². The molecule has 0 aromatic heterocycles. The number of thiol groups is 1. The Morgan fingerprint density at radius 1 is 2.00 bits per heavy atom. The molecule has 0 aliphatic rings. The van der Waals surface area contributed by atoms with E-state index >= 15 is 0 Å². The first kappa shape index (κ1) is 6.55. The van der Waals surface area contributed by atoms with Crippen molar-refractivity contribution < 1.29 is 0 Å². The molecule has 0 amide bonds. The predicted molar refractivity (Wildman–Crippen MR) is 39.3 cm³/mol. The molecule has 0 aromatic rings. The van der Waals surface area contributed by atoms with Crippen LogP contribution in [0.4, 0.5) is 0 Å². The van der Waals surface area contributed by atoms with Crippen LogP contribution in [0.1, 0.15) is 0 Å². The molecule has 2 nitrogen and oxygen atoms in total. The molecule has 36 valence electrons. The molecule has 0 saturated carbocycles. The van der Waals surface area contributed by atoms with E-state index in [1.54, 1.807) is 9.45 Å². The van der Waals surface area contributed by atoms with Crippen LogP contribution in [-0.4, -0.2) is 16.5 Å². The summed E-state index contributed by atoms with van der Waals surface area (Å²) in [5, 5.41) is 0. The summed E-state index contributed by atoms with van der Waals surface area (Å²) in [5.74, 6) is 0. The average molecular weight is 216 g/mol. The van der Waals surface area contributed by atoms with Crippen LogP contribution in [0, 0.1) is 0 Å². The maximum atomic E-state index is 3.58. The van der Waals surface area contributed by atoms with Gasteiger partial charge in [-0.2, -0.15) is 0 Å². The van der Waals surface area contributed by atoms with Gasteiger partial charge in [-0.05, 0) is 12.8 Å². The Morgan fingerprint density at radius 2 is 2.50 bits per heavy atom. The van der Waals surface area contributed by atoms with Crippen LogP contribution in [0.5, 0.6) is 0 Å². The molecule has 4 heteroatoms. The smallest absolute Gasteiger partial charge is 0.107 e. The molecule has 0 bridgehead atoms. The molecule has 0 N–H and O–H groups in total. The zero-order valence-electron chi connectivity index (χ0n) is 3.30. The quantitative estimate of drug-likeness (QED) is 0.228. The number of halogens is 1. The molecular formula is C2H5IN2S. The summed E-state index contributed by atoms with van der Waals surface area (Å²) in [5.41, 5.74) is 0. The van der Waals surface area contributed by atoms with Gasteiger partial charge < -0.3 is 3.11 Å². The van der Waals surface area contributed by atoms with Crippen molar-refractivity contribution in [3.05, 3.63) is 0 Å². The second-order valence-electron chi connectivity index (χ2n) is 0.756. The average Bonchev–Trinajstić information content (AvgIpc) is 1.35. The largest absolute Gasteiger partial charge is 0.308 e. The van der Waals surface area contributed by atoms with Gasteiger partial charge in [0.1, 0.15) is 6.34 Å². The number of rotatable bonds is 1. The van der Waals surface area contributed by atoms with E-state index in [-0.39, 0.29) is 0 Å². The number of hydrogen-bond acceptors (Lipinski definition) is 2. The summed E-state index contributed by atoms with van der Waals surface area (Å²) in [6.07, 6.45) is 1.60. The molecule has 0 saturated heterocycles. The fourth-order valence-electron chi connectivity index (χ4n) is 0.0712. The minimum absolute atomic E-state index is 1.60. The van der Waals surface area contributed by atoms with Gasteiger partial charge in [0, 0.05) is 7.05 Å². The highest BCUT2D eigenvalue weighted by molar-refractivity contribution is 14.1. The van der Waals surface area contributed by atoms with Crippen molar-refractivity contribution >= 4 is 42.0 Å². The maximum absolute atomic E-state index is 3.58. The topological polar surface area (TPSA) is 15.6 Å². The third-order valence-corrected chi connectivity index (χ3v) is 0.563. The van der Waals surface area contributed by atoms with Crippen molar-refractivity contribution in [2.45, 2.75) is 0 Å². The monoisotopic (exact) mass is 216 g/mol. The maximum Gasteiger partial charge on any atom is 0.107 e. The first-order valence-electron chi connectivity index (χ1n) is 1.33. The zero-order valence-corrected chi connectivity index (χ0v) is 6.35. The predicted octanol–water partition coefficient (Wildman–Crippen LogP) is 1.14. The van der Waals surface area contributed by atoms with Gasteiger partial charge in [0.25, 0.3) is 0 Å². The Kier molecular flexibility index (Phi) is 4.07. The fourth-order valence-corrected chi connectivity index (χ4v) is 0.548. The number of nitrogens with zero attached hydrogens (tertiary/aromatic N) is 2. The molecule has 0 radical (unpaired) electrons. The Balaban J connectivity index is 3.03. The van der Waals surface area contributed by atoms with Crippen molar-refractivity contribution in [2.24, 2.45) is 4.40 Å². The highest BCUT2D eigenvalue weighted by Gasteiger charge is 1.71. The molecule has 0 heterocycles. The van der Waals surface area contributed by atoms with E-state index in [0.717, 1.165) is 0 Å². The lowest BCUT2D eigenvalue weighted by Crippen LogP contribution is -1.96. The van der Waals surface area contributed by atoms with Gasteiger partial charge in [-0.1, -0.05) is 0 Å². The lowest BCUT2D eigenvalue weighted by molar-refractivity contribution is 0.941. The molecule has 0 spiro atoms. The first-order chi connectivity index (χ1) is 2.77. The van der Waals surface area contributed by atoms with Crippen molar-refractivity contribution in [2.75, 3.05) is 7.05 Å². The Bertz CT molecular complexity index is 53.5. The van der Waals surface area contributed by atoms with E-state index in [0.29, 0.717) is 0 Å². The van der Waals surface area contributed by atoms with Crippen molar-refractivity contribution in [1.29, 1.82) is 0 Å². The summed E-state index contributed by atoms with van der Waals surface area (Å²) < 4.78 is 5.21. The van der Waals surface area contributed by atoms with Crippen LogP contribution in [0.2, 0.25) is 0 Å². The standard InChI is InChI=1S/C2H5IN2S/c1-5(3)2-4-6/h2,6H,1H3/b4-2-. The van der Waals surface area contributed by atoms with Crippen LogP contribution in [0.25, 0.3) is 0 Å². The van der Waals surface area contributed by atoms with Crippen molar-refractivity contribution in [3.63, 3.8) is 0 Å². The van der Waals surface area contributed by atoms with Gasteiger partial charge in [-0.25, -0.2) is 4.40 Å². The second kappa shape index (κ2) is 3.73. The van der Waals surface area contributed by atoms with Crippen LogP contribution < -0.4 is 0 Å². The lowest BCUT2D eigenvalue weighted by atomic mass is 11.2. The minimum atomic E-state index is 1.60. The highest BCUT2D eigenvalue weighted by Crippen LogP contribution is 1.86. The molecular weight excluding hydrogens is 211 g/mol. The summed E-state index contributed by atoms with van der Waals surface area (Å²) in [6, 6.07) is 0. The van der Waals surface area contributed by atoms with E-state index in [1.807, 2.05) is 7.05 Å². The van der Waals surface area contributed by atoms with E-state index in [1.165, 1.54) is 0 Å². The minimum Gasteiger partial charge on any atom is -0.308 e. The molecule has 6 heavy (non-hydrogen) atoms. The summed E-state index contributed by atoms with van der Waals surface area (Å²) >= 11 is 5.66. The Morgan fingerprint density at radius 3 is 2.50 bits per heavy atom. The molecule has 0 aliphatic heterocycles. The Hall–Kier alpha value is 0.550.